The lowest BCUT2D eigenvalue weighted by Crippen LogP contribution is -2.40. The fourth-order valence-electron chi connectivity index (χ4n) is 3.28. The SMILES string of the molecule is Cc1nc(N2CCC[C@@H](CS(N)(=O)=O)C2)nc(C)c1CC(C)C. The Balaban J connectivity index is 2.18. The lowest BCUT2D eigenvalue weighted by molar-refractivity contribution is 0.439. The monoisotopic (exact) mass is 340 g/mol. The molecule has 0 aromatic carbocycles. The van der Waals surface area contributed by atoms with Gasteiger partial charge in [-0.1, -0.05) is 13.8 Å². The molecule has 2 rings (SSSR count). The standard InChI is InChI=1S/C16H28N4O2S/c1-11(2)8-15-12(3)18-16(19-13(15)4)20-7-5-6-14(9-20)10-23(17,21)22/h11,14H,5-10H2,1-4H3,(H2,17,21,22)/t14-/m1/s1. The average Bonchev–Trinajstić information content (AvgIpc) is 2.41. The second kappa shape index (κ2) is 7.13. The Morgan fingerprint density at radius 3 is 2.39 bits per heavy atom. The lowest BCUT2D eigenvalue weighted by atomic mass is 9.99. The predicted molar refractivity (Wildman–Crippen MR) is 93.0 cm³/mol. The lowest BCUT2D eigenvalue weighted by Gasteiger charge is -2.32. The van der Waals surface area contributed by atoms with Crippen LogP contribution in [0.4, 0.5) is 5.95 Å². The van der Waals surface area contributed by atoms with E-state index >= 15 is 0 Å². The van der Waals surface area contributed by atoms with Crippen molar-refractivity contribution in [2.45, 2.75) is 47.0 Å². The highest BCUT2D eigenvalue weighted by Crippen LogP contribution is 2.24. The maximum atomic E-state index is 11.3. The van der Waals surface area contributed by atoms with E-state index in [-0.39, 0.29) is 11.7 Å². The largest absolute Gasteiger partial charge is 0.341 e. The van der Waals surface area contributed by atoms with Crippen LogP contribution < -0.4 is 10.0 Å². The van der Waals surface area contributed by atoms with Crippen molar-refractivity contribution in [1.29, 1.82) is 0 Å². The quantitative estimate of drug-likeness (QED) is 0.883. The Labute approximate surface area is 139 Å². The van der Waals surface area contributed by atoms with E-state index < -0.39 is 10.0 Å². The number of anilines is 1. The number of aromatic nitrogens is 2. The van der Waals surface area contributed by atoms with Crippen molar-refractivity contribution in [2.75, 3.05) is 23.7 Å². The normalized spacial score (nSPS) is 19.4. The number of hydrogen-bond acceptors (Lipinski definition) is 5. The molecule has 0 radical (unpaired) electrons. The zero-order valence-electron chi connectivity index (χ0n) is 14.5. The van der Waals surface area contributed by atoms with Crippen LogP contribution >= 0.6 is 0 Å². The molecule has 0 bridgehead atoms. The molecule has 6 nitrogen and oxygen atoms in total. The third-order valence-corrected chi connectivity index (χ3v) is 5.23. The first-order valence-corrected chi connectivity index (χ1v) is 9.96. The first-order valence-electron chi connectivity index (χ1n) is 8.25. The van der Waals surface area contributed by atoms with Crippen LogP contribution in [0.5, 0.6) is 0 Å². The molecule has 0 unspecified atom stereocenters. The molecule has 1 aromatic heterocycles. The molecule has 0 spiro atoms. The van der Waals surface area contributed by atoms with Gasteiger partial charge in [-0.3, -0.25) is 0 Å². The zero-order chi connectivity index (χ0) is 17.2. The second-order valence-electron chi connectivity index (χ2n) is 7.05. The molecular formula is C16H28N4O2S. The van der Waals surface area contributed by atoms with Crippen LogP contribution in [-0.2, 0) is 16.4 Å². The third-order valence-electron chi connectivity index (χ3n) is 4.29. The van der Waals surface area contributed by atoms with Gasteiger partial charge in [0.15, 0.2) is 0 Å². The summed E-state index contributed by atoms with van der Waals surface area (Å²) in [5, 5.41) is 5.19. The minimum absolute atomic E-state index is 0.0346. The molecule has 1 fully saturated rings. The molecule has 2 N–H and O–H groups in total. The summed E-state index contributed by atoms with van der Waals surface area (Å²) in [7, 11) is -3.43. The van der Waals surface area contributed by atoms with Gasteiger partial charge in [-0.25, -0.2) is 23.5 Å². The molecule has 0 amide bonds. The van der Waals surface area contributed by atoms with Crippen LogP contribution in [0.15, 0.2) is 0 Å². The summed E-state index contributed by atoms with van der Waals surface area (Å²) in [4.78, 5) is 11.4. The zero-order valence-corrected chi connectivity index (χ0v) is 15.4. The van der Waals surface area contributed by atoms with Crippen molar-refractivity contribution in [2.24, 2.45) is 17.0 Å². The van der Waals surface area contributed by atoms with E-state index in [0.717, 1.165) is 37.2 Å². The number of primary sulfonamides is 1. The number of hydrogen-bond donors (Lipinski definition) is 1. The van der Waals surface area contributed by atoms with Crippen LogP contribution in [0.25, 0.3) is 0 Å². The highest BCUT2D eigenvalue weighted by molar-refractivity contribution is 7.89. The Morgan fingerprint density at radius 2 is 1.87 bits per heavy atom. The summed E-state index contributed by atoms with van der Waals surface area (Å²) in [6.45, 7) is 9.95. The first kappa shape index (κ1) is 18.1. The molecule has 1 saturated heterocycles. The summed E-state index contributed by atoms with van der Waals surface area (Å²) in [5.41, 5.74) is 3.27. The van der Waals surface area contributed by atoms with Crippen LogP contribution in [0.1, 0.15) is 43.6 Å². The van der Waals surface area contributed by atoms with Gasteiger partial charge in [0.1, 0.15) is 0 Å². The van der Waals surface area contributed by atoms with Gasteiger partial charge >= 0.3 is 0 Å². The molecule has 1 aliphatic rings. The van der Waals surface area contributed by atoms with Crippen molar-refractivity contribution in [3.8, 4) is 0 Å². The van der Waals surface area contributed by atoms with Gasteiger partial charge in [0.25, 0.3) is 0 Å². The Kier molecular flexibility index (Phi) is 5.62. The van der Waals surface area contributed by atoms with Crippen molar-refractivity contribution in [3.63, 3.8) is 0 Å². The molecule has 1 atom stereocenters. The van der Waals surface area contributed by atoms with E-state index in [2.05, 4.69) is 28.7 Å². The molecule has 1 aromatic rings. The third kappa shape index (κ3) is 5.14. The van der Waals surface area contributed by atoms with Gasteiger partial charge in [-0.05, 0) is 50.5 Å². The van der Waals surface area contributed by atoms with Crippen LogP contribution in [0.2, 0.25) is 0 Å². The number of sulfonamides is 1. The van der Waals surface area contributed by atoms with Crippen molar-refractivity contribution in [1.82, 2.24) is 9.97 Å². The van der Waals surface area contributed by atoms with E-state index in [1.54, 1.807) is 0 Å². The molecule has 2 heterocycles. The minimum atomic E-state index is -3.43. The number of nitrogens with zero attached hydrogens (tertiary/aromatic N) is 3. The van der Waals surface area contributed by atoms with E-state index in [4.69, 9.17) is 5.14 Å². The van der Waals surface area contributed by atoms with Crippen LogP contribution in [0.3, 0.4) is 0 Å². The van der Waals surface area contributed by atoms with Gasteiger partial charge in [-0.15, -0.1) is 0 Å². The fourth-order valence-corrected chi connectivity index (χ4v) is 4.21. The maximum absolute atomic E-state index is 11.3. The van der Waals surface area contributed by atoms with E-state index in [1.165, 1.54) is 5.56 Å². The predicted octanol–water partition coefficient (Wildman–Crippen LogP) is 1.80. The number of nitrogens with two attached hydrogens (primary N) is 1. The van der Waals surface area contributed by atoms with Gasteiger partial charge in [-0.2, -0.15) is 0 Å². The Morgan fingerprint density at radius 1 is 1.26 bits per heavy atom. The Bertz CT molecular complexity index is 635. The summed E-state index contributed by atoms with van der Waals surface area (Å²) in [6, 6.07) is 0. The molecule has 1 aliphatic heterocycles. The second-order valence-corrected chi connectivity index (χ2v) is 8.71. The van der Waals surface area contributed by atoms with E-state index in [9.17, 15) is 8.42 Å². The van der Waals surface area contributed by atoms with E-state index in [0.29, 0.717) is 18.4 Å². The summed E-state index contributed by atoms with van der Waals surface area (Å²) in [5.74, 6) is 1.37. The maximum Gasteiger partial charge on any atom is 0.225 e. The number of piperidine rings is 1. The Hall–Kier alpha value is -1.21. The van der Waals surface area contributed by atoms with Crippen molar-refractivity contribution in [3.05, 3.63) is 17.0 Å². The summed E-state index contributed by atoms with van der Waals surface area (Å²) >= 11 is 0. The highest BCUT2D eigenvalue weighted by atomic mass is 32.2. The van der Waals surface area contributed by atoms with Gasteiger partial charge in [0.05, 0.1) is 5.75 Å². The smallest absolute Gasteiger partial charge is 0.225 e. The summed E-state index contributed by atoms with van der Waals surface area (Å²) in [6.07, 6.45) is 2.80. The highest BCUT2D eigenvalue weighted by Gasteiger charge is 2.25. The average molecular weight is 340 g/mol. The molecular weight excluding hydrogens is 312 g/mol. The molecule has 130 valence electrons. The van der Waals surface area contributed by atoms with Crippen LogP contribution in [0, 0.1) is 25.7 Å². The molecule has 0 aliphatic carbocycles. The number of aryl methyl sites for hydroxylation is 2. The van der Waals surface area contributed by atoms with Crippen LogP contribution in [-0.4, -0.2) is 37.2 Å². The molecule has 0 saturated carbocycles. The fraction of sp³-hybridized carbons (Fsp3) is 0.750. The molecule has 23 heavy (non-hydrogen) atoms. The first-order chi connectivity index (χ1) is 10.7. The van der Waals surface area contributed by atoms with Gasteiger partial charge in [0, 0.05) is 24.5 Å². The number of rotatable bonds is 5. The van der Waals surface area contributed by atoms with Crippen molar-refractivity contribution >= 4 is 16.0 Å². The van der Waals surface area contributed by atoms with Gasteiger partial charge in [0.2, 0.25) is 16.0 Å². The topological polar surface area (TPSA) is 89.2 Å². The van der Waals surface area contributed by atoms with Gasteiger partial charge < -0.3 is 4.90 Å². The van der Waals surface area contributed by atoms with Crippen molar-refractivity contribution < 1.29 is 8.42 Å². The summed E-state index contributed by atoms with van der Waals surface area (Å²) < 4.78 is 22.7. The molecule has 7 heteroatoms. The minimum Gasteiger partial charge on any atom is -0.341 e. The van der Waals surface area contributed by atoms with E-state index in [1.807, 2.05) is 13.8 Å².